The molecule has 1 fully saturated rings. The summed E-state index contributed by atoms with van der Waals surface area (Å²) in [4.78, 5) is 14.8. The summed E-state index contributed by atoms with van der Waals surface area (Å²) in [5.41, 5.74) is 9.78. The van der Waals surface area contributed by atoms with Gasteiger partial charge in [0.15, 0.2) is 0 Å². The van der Waals surface area contributed by atoms with Crippen molar-refractivity contribution in [2.75, 3.05) is 6.54 Å². The van der Waals surface area contributed by atoms with Crippen LogP contribution in [0.1, 0.15) is 48.0 Å². The van der Waals surface area contributed by atoms with Crippen LogP contribution in [0.4, 0.5) is 0 Å². The number of amides is 1. The maximum Gasteiger partial charge on any atom is 0.224 e. The number of aryl methyl sites for hydroxylation is 1. The van der Waals surface area contributed by atoms with Crippen molar-refractivity contribution < 1.29 is 4.79 Å². The molecule has 2 aromatic carbocycles. The molecule has 2 unspecified atom stereocenters. The molecule has 1 aliphatic heterocycles. The average Bonchev–Trinajstić information content (AvgIpc) is 3.05. The van der Waals surface area contributed by atoms with E-state index in [1.54, 1.807) is 0 Å². The van der Waals surface area contributed by atoms with Crippen LogP contribution < -0.4 is 5.73 Å². The van der Waals surface area contributed by atoms with Crippen molar-refractivity contribution in [3.8, 4) is 0 Å². The van der Waals surface area contributed by atoms with Crippen LogP contribution in [-0.2, 0) is 4.79 Å². The Hall–Kier alpha value is -2.13. The molecule has 1 aliphatic rings. The Kier molecular flexibility index (Phi) is 4.77. The van der Waals surface area contributed by atoms with E-state index in [-0.39, 0.29) is 18.0 Å². The molecular weight excluding hydrogens is 284 g/mol. The fourth-order valence-corrected chi connectivity index (χ4v) is 3.47. The molecule has 23 heavy (non-hydrogen) atoms. The highest BCUT2D eigenvalue weighted by Crippen LogP contribution is 2.34. The second-order valence-electron chi connectivity index (χ2n) is 6.32. The highest BCUT2D eigenvalue weighted by Gasteiger charge is 2.31. The van der Waals surface area contributed by atoms with Crippen molar-refractivity contribution in [2.45, 2.75) is 38.3 Å². The molecule has 1 amide bonds. The Morgan fingerprint density at radius 1 is 1.17 bits per heavy atom. The van der Waals surface area contributed by atoms with E-state index in [4.69, 9.17) is 5.73 Å². The monoisotopic (exact) mass is 308 g/mol. The van der Waals surface area contributed by atoms with Crippen LogP contribution in [0.15, 0.2) is 54.6 Å². The van der Waals surface area contributed by atoms with Crippen molar-refractivity contribution in [2.24, 2.45) is 5.73 Å². The Bertz CT molecular complexity index is 668. The molecule has 0 aromatic heterocycles. The first-order valence-corrected chi connectivity index (χ1v) is 8.32. The summed E-state index contributed by atoms with van der Waals surface area (Å²) < 4.78 is 0. The summed E-state index contributed by atoms with van der Waals surface area (Å²) in [6.07, 6.45) is 2.47. The van der Waals surface area contributed by atoms with Gasteiger partial charge in [0.25, 0.3) is 0 Å². The molecule has 2 N–H and O–H groups in total. The van der Waals surface area contributed by atoms with Crippen LogP contribution in [0.3, 0.4) is 0 Å². The number of hydrogen-bond acceptors (Lipinski definition) is 2. The van der Waals surface area contributed by atoms with Crippen LogP contribution in [0.25, 0.3) is 0 Å². The van der Waals surface area contributed by atoms with Gasteiger partial charge in [-0.15, -0.1) is 0 Å². The summed E-state index contributed by atoms with van der Waals surface area (Å²) in [5.74, 6) is 0.159. The van der Waals surface area contributed by atoms with Crippen molar-refractivity contribution in [1.82, 2.24) is 4.90 Å². The van der Waals surface area contributed by atoms with E-state index in [2.05, 4.69) is 25.1 Å². The van der Waals surface area contributed by atoms with Gasteiger partial charge >= 0.3 is 0 Å². The summed E-state index contributed by atoms with van der Waals surface area (Å²) in [5, 5.41) is 0. The van der Waals surface area contributed by atoms with Crippen LogP contribution in [0.2, 0.25) is 0 Å². The first kappa shape index (κ1) is 15.8. The van der Waals surface area contributed by atoms with Gasteiger partial charge in [-0.25, -0.2) is 0 Å². The van der Waals surface area contributed by atoms with Crippen LogP contribution in [0.5, 0.6) is 0 Å². The van der Waals surface area contributed by atoms with Gasteiger partial charge in [-0.3, -0.25) is 4.79 Å². The molecule has 0 bridgehead atoms. The smallest absolute Gasteiger partial charge is 0.224 e. The van der Waals surface area contributed by atoms with E-state index in [1.165, 1.54) is 11.1 Å². The number of nitrogens with two attached hydrogens (primary N) is 1. The molecule has 0 saturated carbocycles. The highest BCUT2D eigenvalue weighted by atomic mass is 16.2. The molecule has 3 heteroatoms. The van der Waals surface area contributed by atoms with Gasteiger partial charge in [0.1, 0.15) is 0 Å². The number of nitrogens with zero attached hydrogens (tertiary/aromatic N) is 1. The lowest BCUT2D eigenvalue weighted by Crippen LogP contribution is -2.33. The zero-order chi connectivity index (χ0) is 16.2. The maximum absolute atomic E-state index is 12.8. The highest BCUT2D eigenvalue weighted by molar-refractivity contribution is 5.78. The molecule has 2 atom stereocenters. The minimum atomic E-state index is -0.234. The fraction of sp³-hybridized carbons (Fsp3) is 0.350. The number of carbonyl (C=O) groups is 1. The van der Waals surface area contributed by atoms with Crippen LogP contribution >= 0.6 is 0 Å². The zero-order valence-corrected chi connectivity index (χ0v) is 13.6. The number of rotatable bonds is 4. The number of carbonyl (C=O) groups excluding carboxylic acids is 1. The third kappa shape index (κ3) is 3.45. The first-order chi connectivity index (χ1) is 11.2. The van der Waals surface area contributed by atoms with Crippen molar-refractivity contribution in [1.29, 1.82) is 0 Å². The van der Waals surface area contributed by atoms with Crippen molar-refractivity contribution >= 4 is 5.91 Å². The van der Waals surface area contributed by atoms with E-state index in [0.717, 1.165) is 24.9 Å². The third-order valence-electron chi connectivity index (χ3n) is 4.74. The lowest BCUT2D eigenvalue weighted by Gasteiger charge is -2.27. The van der Waals surface area contributed by atoms with Gasteiger partial charge in [0, 0.05) is 19.0 Å². The molecule has 2 aromatic rings. The largest absolute Gasteiger partial charge is 0.336 e. The minimum absolute atomic E-state index is 0.159. The topological polar surface area (TPSA) is 46.3 Å². The van der Waals surface area contributed by atoms with E-state index in [1.807, 2.05) is 41.3 Å². The lowest BCUT2D eigenvalue weighted by atomic mass is 9.98. The Labute approximate surface area is 138 Å². The molecule has 1 saturated heterocycles. The predicted molar refractivity (Wildman–Crippen MR) is 92.9 cm³/mol. The fourth-order valence-electron chi connectivity index (χ4n) is 3.47. The Balaban J connectivity index is 1.73. The summed E-state index contributed by atoms with van der Waals surface area (Å²) in [7, 11) is 0. The van der Waals surface area contributed by atoms with Gasteiger partial charge in [0.2, 0.25) is 5.91 Å². The summed E-state index contributed by atoms with van der Waals surface area (Å²) in [6.45, 7) is 2.95. The van der Waals surface area contributed by atoms with Crippen LogP contribution in [0, 0.1) is 6.92 Å². The summed E-state index contributed by atoms with van der Waals surface area (Å²) in [6, 6.07) is 18.2. The standard InChI is InChI=1S/C20H24N2O/c1-15-8-5-6-11-17(15)19-12-7-13-22(19)20(23)14-18(21)16-9-3-2-4-10-16/h2-6,8-11,18-19H,7,12-14,21H2,1H3. The molecular formula is C20H24N2O. The van der Waals surface area contributed by atoms with Gasteiger partial charge < -0.3 is 10.6 Å². The van der Waals surface area contributed by atoms with Crippen LogP contribution in [-0.4, -0.2) is 17.4 Å². The average molecular weight is 308 g/mol. The zero-order valence-electron chi connectivity index (χ0n) is 13.6. The van der Waals surface area contributed by atoms with Gasteiger partial charge in [-0.2, -0.15) is 0 Å². The second-order valence-corrected chi connectivity index (χ2v) is 6.32. The predicted octanol–water partition coefficient (Wildman–Crippen LogP) is 3.75. The molecule has 0 radical (unpaired) electrons. The Morgan fingerprint density at radius 2 is 1.87 bits per heavy atom. The quantitative estimate of drug-likeness (QED) is 0.935. The maximum atomic E-state index is 12.8. The van der Waals surface area contributed by atoms with E-state index in [0.29, 0.717) is 6.42 Å². The molecule has 3 nitrogen and oxygen atoms in total. The molecule has 1 heterocycles. The number of likely N-dealkylation sites (tertiary alicyclic amines) is 1. The molecule has 3 rings (SSSR count). The van der Waals surface area contributed by atoms with Gasteiger partial charge in [-0.05, 0) is 36.5 Å². The third-order valence-corrected chi connectivity index (χ3v) is 4.74. The molecule has 120 valence electrons. The van der Waals surface area contributed by atoms with Crippen molar-refractivity contribution in [3.05, 3.63) is 71.3 Å². The van der Waals surface area contributed by atoms with E-state index >= 15 is 0 Å². The summed E-state index contributed by atoms with van der Waals surface area (Å²) >= 11 is 0. The number of hydrogen-bond donors (Lipinski definition) is 1. The molecule has 0 spiro atoms. The minimum Gasteiger partial charge on any atom is -0.336 e. The number of benzene rings is 2. The van der Waals surface area contributed by atoms with E-state index < -0.39 is 0 Å². The normalized spacial score (nSPS) is 18.9. The molecule has 0 aliphatic carbocycles. The van der Waals surface area contributed by atoms with Crippen molar-refractivity contribution in [3.63, 3.8) is 0 Å². The lowest BCUT2D eigenvalue weighted by molar-refractivity contribution is -0.132. The Morgan fingerprint density at radius 3 is 2.61 bits per heavy atom. The van der Waals surface area contributed by atoms with Gasteiger partial charge in [-0.1, -0.05) is 54.6 Å². The van der Waals surface area contributed by atoms with Gasteiger partial charge in [0.05, 0.1) is 6.04 Å². The second kappa shape index (κ2) is 6.97. The SMILES string of the molecule is Cc1ccccc1C1CCCN1C(=O)CC(N)c1ccccc1. The first-order valence-electron chi connectivity index (χ1n) is 8.32. The van der Waals surface area contributed by atoms with E-state index in [9.17, 15) is 4.79 Å².